The van der Waals surface area contributed by atoms with Gasteiger partial charge in [0, 0.05) is 17.3 Å². The van der Waals surface area contributed by atoms with E-state index in [0.29, 0.717) is 29.4 Å². The van der Waals surface area contributed by atoms with E-state index in [2.05, 4.69) is 10.6 Å². The molecular weight excluding hydrogens is 414 g/mol. The highest BCUT2D eigenvalue weighted by Crippen LogP contribution is 2.29. The molecule has 0 aliphatic heterocycles. The van der Waals surface area contributed by atoms with Crippen LogP contribution < -0.4 is 20.1 Å². The Labute approximate surface area is 184 Å². The second kappa shape index (κ2) is 10.6. The standard InChI is InChI=1S/C23H21N3O6/c1-2-31-19-11-12-20(21(14-19)26(29)30)25-22(27)15-32-18-10-6-9-17(13-18)24-23(28)16-7-4-3-5-8-16/h3-14H,2,15H2,1H3,(H,24,28)(H,25,27). The highest BCUT2D eigenvalue weighted by atomic mass is 16.6. The number of hydrogen-bond donors (Lipinski definition) is 2. The van der Waals surface area contributed by atoms with E-state index in [1.165, 1.54) is 18.2 Å². The van der Waals surface area contributed by atoms with Gasteiger partial charge in [0.2, 0.25) is 0 Å². The minimum Gasteiger partial charge on any atom is -0.494 e. The van der Waals surface area contributed by atoms with Crippen LogP contribution in [-0.4, -0.2) is 30.0 Å². The zero-order chi connectivity index (χ0) is 22.9. The van der Waals surface area contributed by atoms with Gasteiger partial charge in [-0.2, -0.15) is 0 Å². The molecule has 0 radical (unpaired) electrons. The monoisotopic (exact) mass is 435 g/mol. The lowest BCUT2D eigenvalue weighted by Gasteiger charge is -2.11. The Balaban J connectivity index is 1.60. The Hall–Kier alpha value is -4.40. The quantitative estimate of drug-likeness (QED) is 0.383. The molecule has 9 nitrogen and oxygen atoms in total. The largest absolute Gasteiger partial charge is 0.494 e. The zero-order valence-corrected chi connectivity index (χ0v) is 17.2. The van der Waals surface area contributed by atoms with Gasteiger partial charge in [-0.05, 0) is 43.3 Å². The van der Waals surface area contributed by atoms with Crippen molar-refractivity contribution in [2.24, 2.45) is 0 Å². The molecule has 9 heteroatoms. The third kappa shape index (κ3) is 6.05. The third-order valence-electron chi connectivity index (χ3n) is 4.25. The molecule has 0 aromatic heterocycles. The molecule has 0 bridgehead atoms. The molecule has 2 N–H and O–H groups in total. The summed E-state index contributed by atoms with van der Waals surface area (Å²) in [6.07, 6.45) is 0. The predicted molar refractivity (Wildman–Crippen MR) is 119 cm³/mol. The molecule has 3 aromatic carbocycles. The van der Waals surface area contributed by atoms with Crippen LogP contribution in [0.25, 0.3) is 0 Å². The normalized spacial score (nSPS) is 10.2. The van der Waals surface area contributed by atoms with Crippen LogP contribution in [0.4, 0.5) is 17.1 Å². The molecule has 32 heavy (non-hydrogen) atoms. The topological polar surface area (TPSA) is 120 Å². The Morgan fingerprint density at radius 1 is 0.906 bits per heavy atom. The molecule has 164 valence electrons. The lowest BCUT2D eigenvalue weighted by molar-refractivity contribution is -0.384. The predicted octanol–water partition coefficient (Wildman–Crippen LogP) is 4.26. The zero-order valence-electron chi connectivity index (χ0n) is 17.2. The summed E-state index contributed by atoms with van der Waals surface area (Å²) in [5.41, 5.74) is 0.764. The molecule has 0 aliphatic rings. The van der Waals surface area contributed by atoms with Crippen molar-refractivity contribution in [2.75, 3.05) is 23.8 Å². The minimum absolute atomic E-state index is 0.0379. The van der Waals surface area contributed by atoms with Gasteiger partial charge in [-0.3, -0.25) is 19.7 Å². The van der Waals surface area contributed by atoms with Gasteiger partial charge < -0.3 is 20.1 Å². The highest BCUT2D eigenvalue weighted by molar-refractivity contribution is 6.04. The summed E-state index contributed by atoms with van der Waals surface area (Å²) >= 11 is 0. The second-order valence-corrected chi connectivity index (χ2v) is 6.55. The number of nitrogens with one attached hydrogen (secondary N) is 2. The molecule has 0 aliphatic carbocycles. The van der Waals surface area contributed by atoms with Crippen LogP contribution in [0.5, 0.6) is 11.5 Å². The molecule has 0 atom stereocenters. The van der Waals surface area contributed by atoms with Crippen LogP contribution in [0.2, 0.25) is 0 Å². The van der Waals surface area contributed by atoms with Gasteiger partial charge in [-0.15, -0.1) is 0 Å². The molecule has 2 amide bonds. The first-order valence-electron chi connectivity index (χ1n) is 9.76. The average Bonchev–Trinajstić information content (AvgIpc) is 2.79. The smallest absolute Gasteiger partial charge is 0.296 e. The second-order valence-electron chi connectivity index (χ2n) is 6.55. The fourth-order valence-corrected chi connectivity index (χ4v) is 2.82. The van der Waals surface area contributed by atoms with Gasteiger partial charge >= 0.3 is 0 Å². The maximum atomic E-state index is 12.3. The summed E-state index contributed by atoms with van der Waals surface area (Å²) in [6, 6.07) is 19.5. The number of hydrogen-bond acceptors (Lipinski definition) is 6. The van der Waals surface area contributed by atoms with Crippen molar-refractivity contribution in [3.63, 3.8) is 0 Å². The van der Waals surface area contributed by atoms with Crippen molar-refractivity contribution < 1.29 is 24.0 Å². The van der Waals surface area contributed by atoms with Gasteiger partial charge in [-0.1, -0.05) is 24.3 Å². The van der Waals surface area contributed by atoms with Crippen LogP contribution in [-0.2, 0) is 4.79 Å². The maximum Gasteiger partial charge on any atom is 0.296 e. The fourth-order valence-electron chi connectivity index (χ4n) is 2.82. The fraction of sp³-hybridized carbons (Fsp3) is 0.130. The number of carbonyl (C=O) groups is 2. The van der Waals surface area contributed by atoms with E-state index in [0.717, 1.165) is 0 Å². The average molecular weight is 435 g/mol. The van der Waals surface area contributed by atoms with Crippen molar-refractivity contribution >= 4 is 28.9 Å². The number of nitro groups is 1. The first kappa shape index (κ1) is 22.3. The van der Waals surface area contributed by atoms with E-state index in [1.54, 1.807) is 55.5 Å². The lowest BCUT2D eigenvalue weighted by Crippen LogP contribution is -2.21. The molecule has 0 saturated carbocycles. The molecule has 0 saturated heterocycles. The number of amides is 2. The van der Waals surface area contributed by atoms with Crippen molar-refractivity contribution in [3.05, 3.63) is 88.5 Å². The number of anilines is 2. The minimum atomic E-state index is -0.599. The lowest BCUT2D eigenvalue weighted by atomic mass is 10.2. The van der Waals surface area contributed by atoms with E-state index in [4.69, 9.17) is 9.47 Å². The summed E-state index contributed by atoms with van der Waals surface area (Å²) in [6.45, 7) is 1.75. The molecule has 0 spiro atoms. The van der Waals surface area contributed by atoms with Crippen LogP contribution >= 0.6 is 0 Å². The maximum absolute atomic E-state index is 12.3. The van der Waals surface area contributed by atoms with Crippen LogP contribution in [0.1, 0.15) is 17.3 Å². The van der Waals surface area contributed by atoms with Crippen LogP contribution in [0, 0.1) is 10.1 Å². The van der Waals surface area contributed by atoms with Crippen molar-refractivity contribution in [1.82, 2.24) is 0 Å². The third-order valence-corrected chi connectivity index (χ3v) is 4.25. The summed E-state index contributed by atoms with van der Waals surface area (Å²) in [4.78, 5) is 35.2. The molecular formula is C23H21N3O6. The Kier molecular flexibility index (Phi) is 7.37. The Morgan fingerprint density at radius 3 is 2.38 bits per heavy atom. The highest BCUT2D eigenvalue weighted by Gasteiger charge is 2.17. The molecule has 0 unspecified atom stereocenters. The molecule has 3 aromatic rings. The summed E-state index contributed by atoms with van der Waals surface area (Å²) in [5, 5.41) is 16.5. The molecule has 0 heterocycles. The number of nitrogens with zero attached hydrogens (tertiary/aromatic N) is 1. The van der Waals surface area contributed by atoms with E-state index < -0.39 is 10.8 Å². The van der Waals surface area contributed by atoms with Crippen molar-refractivity contribution in [1.29, 1.82) is 0 Å². The van der Waals surface area contributed by atoms with Crippen molar-refractivity contribution in [2.45, 2.75) is 6.92 Å². The van der Waals surface area contributed by atoms with Gasteiger partial charge in [0.05, 0.1) is 17.6 Å². The van der Waals surface area contributed by atoms with Gasteiger partial charge in [0.25, 0.3) is 17.5 Å². The number of ether oxygens (including phenoxy) is 2. The SMILES string of the molecule is CCOc1ccc(NC(=O)COc2cccc(NC(=O)c3ccccc3)c2)c([N+](=O)[O-])c1. The number of nitro benzene ring substituents is 1. The molecule has 3 rings (SSSR count). The van der Waals surface area contributed by atoms with Gasteiger partial charge in [-0.25, -0.2) is 0 Å². The Bertz CT molecular complexity index is 1120. The van der Waals surface area contributed by atoms with Crippen molar-refractivity contribution in [3.8, 4) is 11.5 Å². The van der Waals surface area contributed by atoms with Gasteiger partial charge in [0.1, 0.15) is 17.2 Å². The number of carbonyl (C=O) groups excluding carboxylic acids is 2. The van der Waals surface area contributed by atoms with E-state index >= 15 is 0 Å². The first-order chi connectivity index (χ1) is 15.5. The van der Waals surface area contributed by atoms with Crippen LogP contribution in [0.3, 0.4) is 0 Å². The van der Waals surface area contributed by atoms with Crippen LogP contribution in [0.15, 0.2) is 72.8 Å². The Morgan fingerprint density at radius 2 is 1.66 bits per heavy atom. The molecule has 0 fully saturated rings. The van der Waals surface area contributed by atoms with E-state index in [9.17, 15) is 19.7 Å². The summed E-state index contributed by atoms with van der Waals surface area (Å²) in [7, 11) is 0. The summed E-state index contributed by atoms with van der Waals surface area (Å²) < 4.78 is 10.7. The number of rotatable bonds is 9. The number of benzene rings is 3. The first-order valence-corrected chi connectivity index (χ1v) is 9.76. The summed E-state index contributed by atoms with van der Waals surface area (Å²) in [5.74, 6) is -0.158. The van der Waals surface area contributed by atoms with E-state index in [-0.39, 0.29) is 23.9 Å². The van der Waals surface area contributed by atoms with E-state index in [1.807, 2.05) is 6.07 Å². The van der Waals surface area contributed by atoms with Gasteiger partial charge in [0.15, 0.2) is 6.61 Å².